The highest BCUT2D eigenvalue weighted by molar-refractivity contribution is 5.78. The summed E-state index contributed by atoms with van der Waals surface area (Å²) in [5.74, 6) is 0.0695. The molecule has 138 valence electrons. The zero-order valence-corrected chi connectivity index (χ0v) is 16.0. The van der Waals surface area contributed by atoms with Crippen LogP contribution in [0.2, 0.25) is 0 Å². The molecular weight excluding hydrogens is 320 g/mol. The van der Waals surface area contributed by atoms with E-state index in [0.29, 0.717) is 19.0 Å². The van der Waals surface area contributed by atoms with Crippen molar-refractivity contribution in [3.05, 3.63) is 70.8 Å². The van der Waals surface area contributed by atoms with E-state index in [-0.39, 0.29) is 5.91 Å². The Morgan fingerprint density at radius 3 is 2.35 bits per heavy atom. The van der Waals surface area contributed by atoms with Crippen molar-refractivity contribution in [1.29, 1.82) is 0 Å². The van der Waals surface area contributed by atoms with Crippen molar-refractivity contribution in [3.8, 4) is 0 Å². The maximum atomic E-state index is 12.1. The SMILES string of the molecule is Cc1ccc(CC(=O)NCc2ccc(CN3CCCCC3C)cc2)cc1. The molecule has 1 heterocycles. The molecule has 3 rings (SSSR count). The van der Waals surface area contributed by atoms with Gasteiger partial charge in [-0.3, -0.25) is 9.69 Å². The topological polar surface area (TPSA) is 32.3 Å². The van der Waals surface area contributed by atoms with Crippen molar-refractivity contribution in [3.63, 3.8) is 0 Å². The van der Waals surface area contributed by atoms with Crippen LogP contribution in [0.1, 0.15) is 48.4 Å². The summed E-state index contributed by atoms with van der Waals surface area (Å²) < 4.78 is 0. The number of carbonyl (C=O) groups excluding carboxylic acids is 1. The number of nitrogens with zero attached hydrogens (tertiary/aromatic N) is 1. The van der Waals surface area contributed by atoms with Gasteiger partial charge in [-0.25, -0.2) is 0 Å². The third-order valence-corrected chi connectivity index (χ3v) is 5.32. The summed E-state index contributed by atoms with van der Waals surface area (Å²) in [6.45, 7) is 7.21. The van der Waals surface area contributed by atoms with Gasteiger partial charge in [-0.1, -0.05) is 60.5 Å². The maximum absolute atomic E-state index is 12.1. The first kappa shape index (κ1) is 18.7. The van der Waals surface area contributed by atoms with E-state index < -0.39 is 0 Å². The van der Waals surface area contributed by atoms with Crippen LogP contribution in [0.5, 0.6) is 0 Å². The van der Waals surface area contributed by atoms with Gasteiger partial charge in [-0.05, 0) is 49.9 Å². The molecule has 1 fully saturated rings. The standard InChI is InChI=1S/C23H30N2O/c1-18-6-8-20(9-7-18)15-23(26)24-16-21-10-12-22(13-11-21)17-25-14-4-3-5-19(25)2/h6-13,19H,3-5,14-17H2,1-2H3,(H,24,26). The number of piperidine rings is 1. The van der Waals surface area contributed by atoms with E-state index in [9.17, 15) is 4.79 Å². The van der Waals surface area contributed by atoms with Crippen LogP contribution >= 0.6 is 0 Å². The Hall–Kier alpha value is -2.13. The lowest BCUT2D eigenvalue weighted by Gasteiger charge is -2.33. The van der Waals surface area contributed by atoms with Crippen molar-refractivity contribution in [2.75, 3.05) is 6.54 Å². The molecule has 1 unspecified atom stereocenters. The molecule has 1 N–H and O–H groups in total. The number of benzene rings is 2. The number of nitrogens with one attached hydrogen (secondary N) is 1. The van der Waals surface area contributed by atoms with Gasteiger partial charge in [0.15, 0.2) is 0 Å². The number of likely N-dealkylation sites (tertiary alicyclic amines) is 1. The van der Waals surface area contributed by atoms with Crippen molar-refractivity contribution in [1.82, 2.24) is 10.2 Å². The molecule has 1 aliphatic rings. The maximum Gasteiger partial charge on any atom is 0.224 e. The van der Waals surface area contributed by atoms with E-state index in [1.54, 1.807) is 0 Å². The van der Waals surface area contributed by atoms with E-state index in [0.717, 1.165) is 17.7 Å². The number of rotatable bonds is 6. The highest BCUT2D eigenvalue weighted by Gasteiger charge is 2.17. The molecule has 1 aliphatic heterocycles. The first-order valence-electron chi connectivity index (χ1n) is 9.74. The predicted octanol–water partition coefficient (Wildman–Crippen LogP) is 4.23. The van der Waals surface area contributed by atoms with Gasteiger partial charge in [-0.15, -0.1) is 0 Å². The number of hydrogen-bond donors (Lipinski definition) is 1. The second kappa shape index (κ2) is 9.00. The van der Waals surface area contributed by atoms with E-state index in [1.807, 2.05) is 24.3 Å². The normalized spacial score (nSPS) is 17.8. The summed E-state index contributed by atoms with van der Waals surface area (Å²) in [5, 5.41) is 3.02. The Morgan fingerprint density at radius 2 is 1.65 bits per heavy atom. The van der Waals surface area contributed by atoms with Crippen LogP contribution in [-0.2, 0) is 24.3 Å². The summed E-state index contributed by atoms with van der Waals surface area (Å²) >= 11 is 0. The van der Waals surface area contributed by atoms with Crippen LogP contribution in [-0.4, -0.2) is 23.4 Å². The van der Waals surface area contributed by atoms with Crippen LogP contribution in [0.25, 0.3) is 0 Å². The fraction of sp³-hybridized carbons (Fsp3) is 0.435. The Balaban J connectivity index is 1.46. The Morgan fingerprint density at radius 1 is 1.00 bits per heavy atom. The molecule has 0 aromatic heterocycles. The third-order valence-electron chi connectivity index (χ3n) is 5.32. The number of hydrogen-bond acceptors (Lipinski definition) is 2. The third kappa shape index (κ3) is 5.43. The molecule has 0 aliphatic carbocycles. The number of aryl methyl sites for hydroxylation is 1. The molecule has 0 spiro atoms. The van der Waals surface area contributed by atoms with E-state index in [2.05, 4.69) is 48.3 Å². The molecule has 0 bridgehead atoms. The van der Waals surface area contributed by atoms with Crippen molar-refractivity contribution >= 4 is 5.91 Å². The van der Waals surface area contributed by atoms with Crippen molar-refractivity contribution in [2.24, 2.45) is 0 Å². The van der Waals surface area contributed by atoms with E-state index in [1.165, 1.54) is 36.9 Å². The van der Waals surface area contributed by atoms with Gasteiger partial charge in [0, 0.05) is 19.1 Å². The van der Waals surface area contributed by atoms with Gasteiger partial charge in [0.05, 0.1) is 6.42 Å². The highest BCUT2D eigenvalue weighted by Crippen LogP contribution is 2.19. The minimum atomic E-state index is 0.0695. The van der Waals surface area contributed by atoms with Crippen LogP contribution in [0.4, 0.5) is 0 Å². The van der Waals surface area contributed by atoms with Gasteiger partial charge in [0.2, 0.25) is 5.91 Å². The Labute approximate surface area is 157 Å². The summed E-state index contributed by atoms with van der Waals surface area (Å²) in [7, 11) is 0. The molecular formula is C23H30N2O. The molecule has 26 heavy (non-hydrogen) atoms. The summed E-state index contributed by atoms with van der Waals surface area (Å²) in [6.07, 6.45) is 4.42. The molecule has 2 aromatic carbocycles. The molecule has 3 heteroatoms. The predicted molar refractivity (Wildman–Crippen MR) is 107 cm³/mol. The van der Waals surface area contributed by atoms with Gasteiger partial charge >= 0.3 is 0 Å². The zero-order valence-electron chi connectivity index (χ0n) is 16.0. The average molecular weight is 351 g/mol. The van der Waals surface area contributed by atoms with Crippen LogP contribution in [0.3, 0.4) is 0 Å². The van der Waals surface area contributed by atoms with Crippen molar-refractivity contribution in [2.45, 2.75) is 58.7 Å². The van der Waals surface area contributed by atoms with Gasteiger partial charge < -0.3 is 5.32 Å². The fourth-order valence-corrected chi connectivity index (χ4v) is 3.54. The van der Waals surface area contributed by atoms with Crippen LogP contribution < -0.4 is 5.32 Å². The lowest BCUT2D eigenvalue weighted by Crippen LogP contribution is -2.36. The molecule has 1 saturated heterocycles. The van der Waals surface area contributed by atoms with E-state index in [4.69, 9.17) is 0 Å². The first-order valence-corrected chi connectivity index (χ1v) is 9.74. The monoisotopic (exact) mass is 350 g/mol. The first-order chi connectivity index (χ1) is 12.6. The fourth-order valence-electron chi connectivity index (χ4n) is 3.54. The molecule has 2 aromatic rings. The van der Waals surface area contributed by atoms with Crippen LogP contribution in [0, 0.1) is 6.92 Å². The number of amides is 1. The summed E-state index contributed by atoms with van der Waals surface area (Å²) in [5.41, 5.74) is 4.78. The lowest BCUT2D eigenvalue weighted by atomic mass is 10.0. The summed E-state index contributed by atoms with van der Waals surface area (Å²) in [4.78, 5) is 14.7. The Bertz CT molecular complexity index is 706. The largest absolute Gasteiger partial charge is 0.352 e. The van der Waals surface area contributed by atoms with Crippen LogP contribution in [0.15, 0.2) is 48.5 Å². The van der Waals surface area contributed by atoms with Gasteiger partial charge in [-0.2, -0.15) is 0 Å². The quantitative estimate of drug-likeness (QED) is 0.846. The highest BCUT2D eigenvalue weighted by atomic mass is 16.1. The Kier molecular flexibility index (Phi) is 6.45. The average Bonchev–Trinajstić information content (AvgIpc) is 2.65. The molecule has 3 nitrogen and oxygen atoms in total. The summed E-state index contributed by atoms with van der Waals surface area (Å²) in [6, 6.07) is 17.5. The second-order valence-electron chi connectivity index (χ2n) is 7.57. The van der Waals surface area contributed by atoms with Gasteiger partial charge in [0.1, 0.15) is 0 Å². The minimum absolute atomic E-state index is 0.0695. The zero-order chi connectivity index (χ0) is 18.4. The molecule has 0 saturated carbocycles. The smallest absolute Gasteiger partial charge is 0.224 e. The lowest BCUT2D eigenvalue weighted by molar-refractivity contribution is -0.120. The molecule has 1 amide bonds. The van der Waals surface area contributed by atoms with Gasteiger partial charge in [0.25, 0.3) is 0 Å². The minimum Gasteiger partial charge on any atom is -0.352 e. The second-order valence-corrected chi connectivity index (χ2v) is 7.57. The molecule has 0 radical (unpaired) electrons. The van der Waals surface area contributed by atoms with Crippen molar-refractivity contribution < 1.29 is 4.79 Å². The van der Waals surface area contributed by atoms with E-state index >= 15 is 0 Å². The molecule has 1 atom stereocenters. The number of carbonyl (C=O) groups is 1.